The molecule has 0 aliphatic carbocycles. The average molecular weight is 399 g/mol. The highest BCUT2D eigenvalue weighted by Crippen LogP contribution is 2.20. The smallest absolute Gasteiger partial charge is 0.343 e. The third-order valence-corrected chi connectivity index (χ3v) is 3.63. The number of benzene rings is 2. The standard InChI is InChI=1S/C21H20O8/c1-14(22)27-16-8-6-15(7-9-16)21(26)29-18-12-10-17(11-13-18)28-20(25)5-3-2-4-19(23)24/h6-13H,2-5H2,1H3,(H,23,24)/p-1. The first-order valence-electron chi connectivity index (χ1n) is 8.85. The van der Waals surface area contributed by atoms with Gasteiger partial charge in [0.1, 0.15) is 17.2 Å². The van der Waals surface area contributed by atoms with Crippen LogP contribution in [0.1, 0.15) is 43.0 Å². The van der Waals surface area contributed by atoms with Gasteiger partial charge in [0.2, 0.25) is 0 Å². The van der Waals surface area contributed by atoms with Crippen LogP contribution >= 0.6 is 0 Å². The number of rotatable bonds is 9. The Balaban J connectivity index is 1.83. The molecule has 0 aliphatic heterocycles. The summed E-state index contributed by atoms with van der Waals surface area (Å²) in [5, 5.41) is 10.3. The summed E-state index contributed by atoms with van der Waals surface area (Å²) in [5.41, 5.74) is 0.271. The summed E-state index contributed by atoms with van der Waals surface area (Å²) in [6, 6.07) is 11.8. The Bertz CT molecular complexity index is 869. The Morgan fingerprint density at radius 1 is 0.724 bits per heavy atom. The molecule has 0 radical (unpaired) electrons. The first-order chi connectivity index (χ1) is 13.8. The van der Waals surface area contributed by atoms with Gasteiger partial charge in [-0.05, 0) is 67.8 Å². The van der Waals surface area contributed by atoms with Crippen molar-refractivity contribution in [3.63, 3.8) is 0 Å². The first-order valence-corrected chi connectivity index (χ1v) is 8.85. The van der Waals surface area contributed by atoms with E-state index < -0.39 is 23.9 Å². The third-order valence-electron chi connectivity index (χ3n) is 3.63. The number of ether oxygens (including phenoxy) is 3. The molecule has 0 aliphatic rings. The molecule has 2 aromatic rings. The number of hydrogen-bond acceptors (Lipinski definition) is 8. The molecule has 0 saturated heterocycles. The second-order valence-electron chi connectivity index (χ2n) is 6.03. The normalized spacial score (nSPS) is 10.1. The topological polar surface area (TPSA) is 119 Å². The van der Waals surface area contributed by atoms with Crippen molar-refractivity contribution in [2.24, 2.45) is 0 Å². The molecule has 0 unspecified atom stereocenters. The van der Waals surface area contributed by atoms with E-state index in [4.69, 9.17) is 14.2 Å². The number of carbonyl (C=O) groups is 4. The second kappa shape index (κ2) is 10.6. The minimum Gasteiger partial charge on any atom is -0.550 e. The quantitative estimate of drug-likeness (QED) is 0.357. The molecule has 152 valence electrons. The summed E-state index contributed by atoms with van der Waals surface area (Å²) in [6.45, 7) is 1.28. The Hall–Kier alpha value is -3.68. The van der Waals surface area contributed by atoms with Gasteiger partial charge in [-0.1, -0.05) is 0 Å². The predicted molar refractivity (Wildman–Crippen MR) is 98.3 cm³/mol. The van der Waals surface area contributed by atoms with E-state index in [2.05, 4.69) is 0 Å². The number of carboxylic acids is 1. The minimum atomic E-state index is -1.15. The highest BCUT2D eigenvalue weighted by atomic mass is 16.5. The molecule has 8 nitrogen and oxygen atoms in total. The molecular weight excluding hydrogens is 380 g/mol. The van der Waals surface area contributed by atoms with Gasteiger partial charge < -0.3 is 24.1 Å². The van der Waals surface area contributed by atoms with Crippen LogP contribution in [0.15, 0.2) is 48.5 Å². The maximum atomic E-state index is 12.1. The molecule has 0 amide bonds. The van der Waals surface area contributed by atoms with Crippen molar-refractivity contribution in [1.82, 2.24) is 0 Å². The van der Waals surface area contributed by atoms with Crippen molar-refractivity contribution in [3.05, 3.63) is 54.1 Å². The fourth-order valence-corrected chi connectivity index (χ4v) is 2.29. The molecule has 0 atom stereocenters. The zero-order valence-electron chi connectivity index (χ0n) is 15.7. The van der Waals surface area contributed by atoms with Crippen LogP contribution < -0.4 is 19.3 Å². The van der Waals surface area contributed by atoms with Gasteiger partial charge in [-0.2, -0.15) is 0 Å². The van der Waals surface area contributed by atoms with E-state index in [1.165, 1.54) is 55.5 Å². The lowest BCUT2D eigenvalue weighted by molar-refractivity contribution is -0.305. The fourth-order valence-electron chi connectivity index (χ4n) is 2.29. The Morgan fingerprint density at radius 3 is 1.76 bits per heavy atom. The van der Waals surface area contributed by atoms with Crippen LogP contribution in [0.4, 0.5) is 0 Å². The van der Waals surface area contributed by atoms with Crippen LogP contribution in [0, 0.1) is 0 Å². The van der Waals surface area contributed by atoms with Crippen molar-refractivity contribution in [3.8, 4) is 17.2 Å². The number of unbranched alkanes of at least 4 members (excludes halogenated alkanes) is 1. The monoisotopic (exact) mass is 399 g/mol. The fraction of sp³-hybridized carbons (Fsp3) is 0.238. The number of hydrogen-bond donors (Lipinski definition) is 0. The van der Waals surface area contributed by atoms with Gasteiger partial charge in [0, 0.05) is 19.3 Å². The Labute approximate surface area is 167 Å². The number of esters is 3. The summed E-state index contributed by atoms with van der Waals surface area (Å²) >= 11 is 0. The molecular formula is C21H19O8-. The third kappa shape index (κ3) is 7.84. The molecule has 2 aromatic carbocycles. The van der Waals surface area contributed by atoms with Crippen LogP contribution in [0.3, 0.4) is 0 Å². The molecule has 0 aromatic heterocycles. The largest absolute Gasteiger partial charge is 0.550 e. The molecule has 0 saturated carbocycles. The highest BCUT2D eigenvalue weighted by molar-refractivity contribution is 5.91. The van der Waals surface area contributed by atoms with E-state index >= 15 is 0 Å². The predicted octanol–water partition coefficient (Wildman–Crippen LogP) is 2.05. The van der Waals surface area contributed by atoms with Gasteiger partial charge in [0.15, 0.2) is 0 Å². The van der Waals surface area contributed by atoms with Gasteiger partial charge in [0.05, 0.1) is 5.56 Å². The van der Waals surface area contributed by atoms with Crippen molar-refractivity contribution in [1.29, 1.82) is 0 Å². The van der Waals surface area contributed by atoms with Crippen molar-refractivity contribution >= 4 is 23.9 Å². The SMILES string of the molecule is CC(=O)Oc1ccc(C(=O)Oc2ccc(OC(=O)CCCCC(=O)[O-])cc2)cc1. The van der Waals surface area contributed by atoms with Crippen LogP contribution in [0.2, 0.25) is 0 Å². The zero-order valence-corrected chi connectivity index (χ0v) is 15.7. The van der Waals surface area contributed by atoms with E-state index in [9.17, 15) is 24.3 Å². The lowest BCUT2D eigenvalue weighted by Crippen LogP contribution is -2.21. The number of carboxylic acid groups (broad SMARTS) is 1. The maximum Gasteiger partial charge on any atom is 0.343 e. The van der Waals surface area contributed by atoms with E-state index in [1.54, 1.807) is 0 Å². The molecule has 0 bridgehead atoms. The van der Waals surface area contributed by atoms with E-state index in [1.807, 2.05) is 0 Å². The second-order valence-corrected chi connectivity index (χ2v) is 6.03. The molecule has 0 fully saturated rings. The van der Waals surface area contributed by atoms with Gasteiger partial charge in [0.25, 0.3) is 0 Å². The zero-order chi connectivity index (χ0) is 21.2. The van der Waals surface area contributed by atoms with E-state index in [-0.39, 0.29) is 29.9 Å². The first kappa shape index (κ1) is 21.6. The molecule has 29 heavy (non-hydrogen) atoms. The molecule has 0 heterocycles. The van der Waals surface area contributed by atoms with E-state index in [0.29, 0.717) is 18.6 Å². The minimum absolute atomic E-state index is 0.0906. The number of aliphatic carboxylic acids is 1. The summed E-state index contributed by atoms with van der Waals surface area (Å²) in [6.07, 6.45) is 0.722. The van der Waals surface area contributed by atoms with Crippen molar-refractivity contribution in [2.75, 3.05) is 0 Å². The van der Waals surface area contributed by atoms with Crippen molar-refractivity contribution < 1.29 is 38.5 Å². The summed E-state index contributed by atoms with van der Waals surface area (Å²) < 4.78 is 15.3. The number of carbonyl (C=O) groups excluding carboxylic acids is 4. The summed E-state index contributed by atoms with van der Waals surface area (Å²) in [4.78, 5) is 45.0. The lowest BCUT2D eigenvalue weighted by atomic mass is 10.2. The molecule has 8 heteroatoms. The van der Waals surface area contributed by atoms with Crippen molar-refractivity contribution in [2.45, 2.75) is 32.6 Å². The molecule has 2 rings (SSSR count). The van der Waals surface area contributed by atoms with Gasteiger partial charge >= 0.3 is 17.9 Å². The van der Waals surface area contributed by atoms with Gasteiger partial charge in [-0.3, -0.25) is 9.59 Å². The maximum absolute atomic E-state index is 12.1. The van der Waals surface area contributed by atoms with Gasteiger partial charge in [-0.25, -0.2) is 4.79 Å². The van der Waals surface area contributed by atoms with Crippen LogP contribution in [0.25, 0.3) is 0 Å². The van der Waals surface area contributed by atoms with Gasteiger partial charge in [-0.15, -0.1) is 0 Å². The van der Waals surface area contributed by atoms with Crippen LogP contribution in [-0.2, 0) is 14.4 Å². The molecule has 0 N–H and O–H groups in total. The molecule has 0 spiro atoms. The average Bonchev–Trinajstić information content (AvgIpc) is 2.67. The summed E-state index contributed by atoms with van der Waals surface area (Å²) in [7, 11) is 0. The lowest BCUT2D eigenvalue weighted by Gasteiger charge is -2.07. The Morgan fingerprint density at radius 2 is 1.21 bits per heavy atom. The van der Waals surface area contributed by atoms with E-state index in [0.717, 1.165) is 0 Å². The van der Waals surface area contributed by atoms with Crippen LogP contribution in [0.5, 0.6) is 17.2 Å². The van der Waals surface area contributed by atoms with Crippen LogP contribution in [-0.4, -0.2) is 23.9 Å². The summed E-state index contributed by atoms with van der Waals surface area (Å²) in [5.74, 6) is -1.84. The highest BCUT2D eigenvalue weighted by Gasteiger charge is 2.10. The Kier molecular flexibility index (Phi) is 7.90.